The number of aliphatic imine (C=N–C) groups is 1. The Bertz CT molecular complexity index is 928. The lowest BCUT2D eigenvalue weighted by Gasteiger charge is -2.22. The van der Waals surface area contributed by atoms with Crippen molar-refractivity contribution in [3.8, 4) is 0 Å². The lowest BCUT2D eigenvalue weighted by molar-refractivity contribution is -0.118. The molecule has 1 atom stereocenters. The number of nitrogens with two attached hydrogens (primary N) is 1. The number of urea groups is 1. The minimum atomic E-state index is -0.710. The molecule has 0 fully saturated rings. The largest absolute Gasteiger partial charge is 0.370 e. The molecule has 9 heteroatoms. The summed E-state index contributed by atoms with van der Waals surface area (Å²) in [6.07, 6.45) is 0. The highest BCUT2D eigenvalue weighted by atomic mass is 35.5. The van der Waals surface area contributed by atoms with Gasteiger partial charge >= 0.3 is 6.03 Å². The summed E-state index contributed by atoms with van der Waals surface area (Å²) in [5, 5.41) is 8.85. The summed E-state index contributed by atoms with van der Waals surface area (Å²) in [5.74, 6) is 0.0784. The van der Waals surface area contributed by atoms with Crippen molar-refractivity contribution in [2.75, 3.05) is 28.6 Å². The predicted octanol–water partition coefficient (Wildman–Crippen LogP) is 3.26. The molecule has 3 amide bonds. The van der Waals surface area contributed by atoms with E-state index in [9.17, 15) is 9.59 Å². The summed E-state index contributed by atoms with van der Waals surface area (Å²) in [4.78, 5) is 31.2. The van der Waals surface area contributed by atoms with Crippen molar-refractivity contribution >= 4 is 46.6 Å². The van der Waals surface area contributed by atoms with E-state index in [1.54, 1.807) is 36.4 Å². The fraction of sp³-hybridized carbons (Fsp3) is 0.286. The maximum absolute atomic E-state index is 12.8. The molecule has 158 valence electrons. The number of guanidine groups is 1. The van der Waals surface area contributed by atoms with Crippen LogP contribution in [0.5, 0.6) is 0 Å². The van der Waals surface area contributed by atoms with Gasteiger partial charge in [0.25, 0.3) is 0 Å². The van der Waals surface area contributed by atoms with Gasteiger partial charge in [0.2, 0.25) is 5.91 Å². The van der Waals surface area contributed by atoms with E-state index in [-0.39, 0.29) is 11.8 Å². The fourth-order valence-electron chi connectivity index (χ4n) is 3.05. The van der Waals surface area contributed by atoms with E-state index in [1.165, 1.54) is 0 Å². The van der Waals surface area contributed by atoms with Crippen LogP contribution in [0, 0.1) is 5.92 Å². The van der Waals surface area contributed by atoms with E-state index in [4.69, 9.17) is 17.3 Å². The predicted molar refractivity (Wildman–Crippen MR) is 121 cm³/mol. The van der Waals surface area contributed by atoms with Gasteiger partial charge in [-0.2, -0.15) is 0 Å². The normalized spacial score (nSPS) is 14.3. The molecule has 1 unspecified atom stereocenters. The average molecular weight is 429 g/mol. The lowest BCUT2D eigenvalue weighted by Crippen LogP contribution is -2.48. The first-order chi connectivity index (χ1) is 14.3. The number of halogens is 1. The highest BCUT2D eigenvalue weighted by Crippen LogP contribution is 2.20. The molecule has 5 N–H and O–H groups in total. The van der Waals surface area contributed by atoms with Crippen LogP contribution in [0.1, 0.15) is 13.8 Å². The Balaban J connectivity index is 1.60. The van der Waals surface area contributed by atoms with E-state index in [2.05, 4.69) is 20.9 Å². The molecule has 1 aliphatic heterocycles. The molecule has 1 aliphatic rings. The van der Waals surface area contributed by atoms with E-state index < -0.39 is 12.1 Å². The standard InChI is InChI=1S/C21H25ClN6O2/c1-13(2)18(27-21(30)26-16-5-3-14(22)4-6-16)19(29)25-15-7-9-17(10-8-15)28-12-11-24-20(28)23/h3-10,13,18H,11-12H2,1-2H3,(H2,23,24)(H,25,29)(H2,26,27,30). The zero-order chi connectivity index (χ0) is 21.7. The Morgan fingerprint density at radius 1 is 1.03 bits per heavy atom. The zero-order valence-electron chi connectivity index (χ0n) is 16.9. The number of hydrogen-bond acceptors (Lipinski definition) is 5. The number of anilines is 3. The molecule has 2 aromatic rings. The van der Waals surface area contributed by atoms with Crippen molar-refractivity contribution in [1.82, 2.24) is 5.32 Å². The number of carbonyl (C=O) groups excluding carboxylic acids is 2. The fourth-order valence-corrected chi connectivity index (χ4v) is 3.17. The SMILES string of the molecule is CC(C)C(NC(=O)Nc1ccc(Cl)cc1)C(=O)Nc1ccc(N2CCN=C2N)cc1. The summed E-state index contributed by atoms with van der Waals surface area (Å²) < 4.78 is 0. The minimum absolute atomic E-state index is 0.110. The van der Waals surface area contributed by atoms with Crippen LogP contribution in [-0.2, 0) is 4.79 Å². The van der Waals surface area contributed by atoms with Crippen LogP contribution < -0.4 is 26.6 Å². The Morgan fingerprint density at radius 2 is 1.63 bits per heavy atom. The maximum atomic E-state index is 12.8. The Morgan fingerprint density at radius 3 is 2.20 bits per heavy atom. The second kappa shape index (κ2) is 9.49. The van der Waals surface area contributed by atoms with Gasteiger partial charge in [0.15, 0.2) is 5.96 Å². The van der Waals surface area contributed by atoms with Gasteiger partial charge < -0.3 is 26.6 Å². The average Bonchev–Trinajstić information content (AvgIpc) is 3.14. The second-order valence-electron chi connectivity index (χ2n) is 7.25. The molecule has 0 saturated heterocycles. The van der Waals surface area contributed by atoms with Gasteiger partial charge in [-0.1, -0.05) is 25.4 Å². The van der Waals surface area contributed by atoms with Crippen LogP contribution in [0.4, 0.5) is 21.9 Å². The number of amides is 3. The lowest BCUT2D eigenvalue weighted by atomic mass is 10.0. The molecule has 3 rings (SSSR count). The summed E-state index contributed by atoms with van der Waals surface area (Å²) in [7, 11) is 0. The molecular formula is C21H25ClN6O2. The molecule has 2 aromatic carbocycles. The van der Waals surface area contributed by atoms with E-state index in [1.807, 2.05) is 30.9 Å². The van der Waals surface area contributed by atoms with Crippen LogP contribution in [-0.4, -0.2) is 37.0 Å². The molecular weight excluding hydrogens is 404 g/mol. The van der Waals surface area contributed by atoms with E-state index in [0.717, 1.165) is 12.2 Å². The highest BCUT2D eigenvalue weighted by Gasteiger charge is 2.24. The first-order valence-electron chi connectivity index (χ1n) is 9.65. The molecule has 8 nitrogen and oxygen atoms in total. The topological polar surface area (TPSA) is 112 Å². The molecule has 0 bridgehead atoms. The zero-order valence-corrected chi connectivity index (χ0v) is 17.6. The number of hydrogen-bond donors (Lipinski definition) is 4. The van der Waals surface area contributed by atoms with Crippen molar-refractivity contribution in [3.63, 3.8) is 0 Å². The molecule has 0 aliphatic carbocycles. The van der Waals surface area contributed by atoms with Gasteiger partial charge in [-0.15, -0.1) is 0 Å². The van der Waals surface area contributed by atoms with Gasteiger partial charge in [-0.05, 0) is 54.4 Å². The third-order valence-electron chi connectivity index (χ3n) is 4.66. The third-order valence-corrected chi connectivity index (χ3v) is 4.91. The number of carbonyl (C=O) groups is 2. The van der Waals surface area contributed by atoms with E-state index in [0.29, 0.717) is 28.9 Å². The minimum Gasteiger partial charge on any atom is -0.370 e. The first-order valence-corrected chi connectivity index (χ1v) is 10.0. The molecule has 30 heavy (non-hydrogen) atoms. The van der Waals surface area contributed by atoms with Crippen LogP contribution >= 0.6 is 11.6 Å². The Kier molecular flexibility index (Phi) is 6.79. The van der Waals surface area contributed by atoms with Gasteiger partial charge in [0.1, 0.15) is 6.04 Å². The highest BCUT2D eigenvalue weighted by molar-refractivity contribution is 6.30. The number of rotatable bonds is 6. The van der Waals surface area contributed by atoms with Crippen LogP contribution in [0.3, 0.4) is 0 Å². The molecule has 0 aromatic heterocycles. The first kappa shape index (κ1) is 21.4. The van der Waals surface area contributed by atoms with Crippen molar-refractivity contribution in [3.05, 3.63) is 53.6 Å². The second-order valence-corrected chi connectivity index (χ2v) is 7.69. The molecule has 0 spiro atoms. The number of nitrogens with zero attached hydrogens (tertiary/aromatic N) is 2. The van der Waals surface area contributed by atoms with Gasteiger partial charge in [-0.25, -0.2) is 4.79 Å². The van der Waals surface area contributed by atoms with E-state index >= 15 is 0 Å². The van der Waals surface area contributed by atoms with Gasteiger partial charge in [0.05, 0.1) is 6.54 Å². The Labute approximate surface area is 180 Å². The molecule has 0 saturated carbocycles. The monoisotopic (exact) mass is 428 g/mol. The quantitative estimate of drug-likeness (QED) is 0.565. The van der Waals surface area contributed by atoms with Crippen molar-refractivity contribution in [2.45, 2.75) is 19.9 Å². The van der Waals surface area contributed by atoms with Crippen molar-refractivity contribution in [1.29, 1.82) is 0 Å². The summed E-state index contributed by atoms with van der Waals surface area (Å²) in [6.45, 7) is 5.14. The number of benzene rings is 2. The van der Waals surface area contributed by atoms with Crippen molar-refractivity contribution < 1.29 is 9.59 Å². The molecule has 1 heterocycles. The van der Waals surface area contributed by atoms with Crippen LogP contribution in [0.2, 0.25) is 5.02 Å². The van der Waals surface area contributed by atoms with Crippen molar-refractivity contribution in [2.24, 2.45) is 16.6 Å². The smallest absolute Gasteiger partial charge is 0.319 e. The third kappa shape index (κ3) is 5.42. The van der Waals surface area contributed by atoms with Gasteiger partial charge in [-0.3, -0.25) is 9.79 Å². The number of nitrogens with one attached hydrogen (secondary N) is 3. The summed E-state index contributed by atoms with van der Waals surface area (Å²) >= 11 is 5.85. The maximum Gasteiger partial charge on any atom is 0.319 e. The van der Waals surface area contributed by atoms with Crippen LogP contribution in [0.15, 0.2) is 53.5 Å². The van der Waals surface area contributed by atoms with Gasteiger partial charge in [0, 0.05) is 28.6 Å². The molecule has 0 radical (unpaired) electrons. The summed E-state index contributed by atoms with van der Waals surface area (Å²) in [6, 6.07) is 12.9. The van der Waals surface area contributed by atoms with Crippen LogP contribution in [0.25, 0.3) is 0 Å². The summed E-state index contributed by atoms with van der Waals surface area (Å²) in [5.41, 5.74) is 7.99. The Hall–Kier alpha value is -3.26.